The van der Waals surface area contributed by atoms with Crippen LogP contribution >= 0.6 is 0 Å². The highest BCUT2D eigenvalue weighted by atomic mass is 17.2. The number of benzene rings is 2. The van der Waals surface area contributed by atoms with Crippen molar-refractivity contribution in [1.82, 2.24) is 29.7 Å². The molecule has 2 N–H and O–H groups in total. The zero-order chi connectivity index (χ0) is 36.8. The molecule has 2 aliphatic heterocycles. The highest BCUT2D eigenvalue weighted by molar-refractivity contribution is 5.84. The number of likely N-dealkylation sites (tertiary alicyclic amines) is 2. The molecular formula is C41H55N7O4. The van der Waals surface area contributed by atoms with Crippen LogP contribution in [0.15, 0.2) is 53.8 Å². The molecular weight excluding hydrogens is 654 g/mol. The summed E-state index contributed by atoms with van der Waals surface area (Å²) in [4.78, 5) is 60.9. The number of H-pyrrole nitrogens is 2. The van der Waals surface area contributed by atoms with Crippen LogP contribution in [0.1, 0.15) is 107 Å². The molecule has 4 heterocycles. The van der Waals surface area contributed by atoms with Gasteiger partial charge in [-0.05, 0) is 85.1 Å². The number of aryl methyl sites for hydroxylation is 4. The van der Waals surface area contributed by atoms with Crippen molar-refractivity contribution >= 4 is 29.0 Å². The zero-order valence-electron chi connectivity index (χ0n) is 31.6. The van der Waals surface area contributed by atoms with Gasteiger partial charge in [-0.25, -0.2) is 15.0 Å². The van der Waals surface area contributed by atoms with E-state index in [-0.39, 0.29) is 35.7 Å². The molecule has 2 fully saturated rings. The maximum absolute atomic E-state index is 13.5. The summed E-state index contributed by atoms with van der Waals surface area (Å²) >= 11 is 0. The molecule has 4 aromatic rings. The number of hydrogen-bond donors (Lipinski definition) is 2. The molecule has 4 atom stereocenters. The van der Waals surface area contributed by atoms with Crippen molar-refractivity contribution in [2.75, 3.05) is 20.2 Å². The van der Waals surface area contributed by atoms with Crippen molar-refractivity contribution in [2.45, 2.75) is 104 Å². The molecule has 0 saturated carbocycles. The number of amides is 2. The van der Waals surface area contributed by atoms with Crippen molar-refractivity contribution in [2.24, 2.45) is 22.7 Å². The van der Waals surface area contributed by atoms with Crippen molar-refractivity contribution in [3.05, 3.63) is 83.0 Å². The smallest absolute Gasteiger partial charge is 0.248 e. The first kappa shape index (κ1) is 37.3. The van der Waals surface area contributed by atoms with E-state index in [4.69, 9.17) is 14.9 Å². The molecule has 0 aliphatic carbocycles. The summed E-state index contributed by atoms with van der Waals surface area (Å²) < 4.78 is 0. The third-order valence-electron chi connectivity index (χ3n) is 10.9. The fraction of sp³-hybridized carbons (Fsp3) is 0.537. The second-order valence-corrected chi connectivity index (χ2v) is 15.2. The number of nitrogens with zero attached hydrogens (tertiary/aromatic N) is 5. The molecule has 2 aromatic carbocycles. The molecule has 278 valence electrons. The van der Waals surface area contributed by atoms with Gasteiger partial charge < -0.3 is 24.7 Å². The summed E-state index contributed by atoms with van der Waals surface area (Å²) in [5.41, 5.74) is 4.59. The Morgan fingerprint density at radius 1 is 0.788 bits per heavy atom. The van der Waals surface area contributed by atoms with Crippen molar-refractivity contribution < 1.29 is 19.4 Å². The van der Waals surface area contributed by atoms with Crippen molar-refractivity contribution in [3.63, 3.8) is 0 Å². The number of aromatic nitrogens is 4. The van der Waals surface area contributed by atoms with E-state index in [1.165, 1.54) is 35.4 Å². The number of fused-ring (bicyclic) bond motifs is 1. The lowest BCUT2D eigenvalue weighted by atomic mass is 9.96. The molecule has 6 rings (SSSR count). The first-order valence-electron chi connectivity index (χ1n) is 19.0. The van der Waals surface area contributed by atoms with Gasteiger partial charge in [-0.1, -0.05) is 71.0 Å². The van der Waals surface area contributed by atoms with Crippen LogP contribution in [0.2, 0.25) is 0 Å². The Balaban J connectivity index is 1.02. The van der Waals surface area contributed by atoms with Gasteiger partial charge in [0, 0.05) is 31.4 Å². The number of rotatable bonds is 15. The Kier molecular flexibility index (Phi) is 12.1. The lowest BCUT2D eigenvalue weighted by Crippen LogP contribution is -2.40. The fourth-order valence-corrected chi connectivity index (χ4v) is 7.55. The standard InChI is InChI=1S/C41H55N7O4/c1-26(2)28(5)40(49)47-19-7-9-35(47)38-42-23-33(45-38)17-13-29-11-15-32-22-30(12-16-31(32)21-29)14-18-34-24-43-39(46-34)36-10-8-20-48(36)41(50)37(27(3)4)44-25-52-51-6/h11-12,15-16,21-28,35-37H,7-10,13-14,17-20H2,1-6H3,(H,42,45)(H,43,46)/b44-25-/t28-,35-,36-,37-/m0/s1. The van der Waals surface area contributed by atoms with Gasteiger partial charge in [-0.2, -0.15) is 4.89 Å². The number of carbonyl (C=O) groups excluding carboxylic acids is 2. The number of imidazole rings is 2. The topological polar surface area (TPSA) is 129 Å². The lowest BCUT2D eigenvalue weighted by Gasteiger charge is -2.27. The van der Waals surface area contributed by atoms with E-state index in [2.05, 4.69) is 70.1 Å². The van der Waals surface area contributed by atoms with E-state index in [1.54, 1.807) is 0 Å². The molecule has 0 radical (unpaired) electrons. The third kappa shape index (κ3) is 8.57. The Bertz CT molecular complexity index is 1850. The Hall–Kier alpha value is -4.51. The fourth-order valence-electron chi connectivity index (χ4n) is 7.55. The summed E-state index contributed by atoms with van der Waals surface area (Å²) in [5.74, 6) is 2.34. The minimum atomic E-state index is -0.538. The zero-order valence-corrected chi connectivity index (χ0v) is 31.6. The van der Waals surface area contributed by atoms with Crippen LogP contribution in [-0.4, -0.2) is 74.2 Å². The normalized spacial score (nSPS) is 19.1. The first-order chi connectivity index (χ1) is 25.1. The molecule has 0 bridgehead atoms. The number of aromatic amines is 2. The van der Waals surface area contributed by atoms with Gasteiger partial charge in [0.25, 0.3) is 0 Å². The molecule has 2 amide bonds. The molecule has 52 heavy (non-hydrogen) atoms. The predicted molar refractivity (Wildman–Crippen MR) is 203 cm³/mol. The van der Waals surface area contributed by atoms with Crippen molar-refractivity contribution in [3.8, 4) is 0 Å². The largest absolute Gasteiger partial charge is 0.347 e. The van der Waals surface area contributed by atoms with E-state index in [9.17, 15) is 9.59 Å². The van der Waals surface area contributed by atoms with Crippen LogP contribution in [0, 0.1) is 17.8 Å². The minimum absolute atomic E-state index is 0.0160. The monoisotopic (exact) mass is 709 g/mol. The molecule has 11 heteroatoms. The molecule has 0 spiro atoms. The highest BCUT2D eigenvalue weighted by Gasteiger charge is 2.37. The van der Waals surface area contributed by atoms with Gasteiger partial charge in [0.05, 0.1) is 30.6 Å². The summed E-state index contributed by atoms with van der Waals surface area (Å²) in [6, 6.07) is 12.9. The second-order valence-electron chi connectivity index (χ2n) is 15.2. The highest BCUT2D eigenvalue weighted by Crippen LogP contribution is 2.34. The maximum Gasteiger partial charge on any atom is 0.248 e. The van der Waals surface area contributed by atoms with Gasteiger partial charge in [-0.15, -0.1) is 0 Å². The number of hydrogen-bond acceptors (Lipinski definition) is 7. The summed E-state index contributed by atoms with van der Waals surface area (Å²) in [6.45, 7) is 11.7. The van der Waals surface area contributed by atoms with E-state index < -0.39 is 6.04 Å². The SMILES string of the molecule is COO/C=N\[C@H](C(=O)N1CCC[C@H]1c1nc(CCc2ccc3cc(CCc4c[nH]c([C@@H]5CCCN5C(=O)[C@@H](C)C(C)C)n4)ccc3c2)c[nH]1)C(C)C. The van der Waals surface area contributed by atoms with Crippen LogP contribution in [0.4, 0.5) is 0 Å². The van der Waals surface area contributed by atoms with Crippen LogP contribution in [0.25, 0.3) is 10.8 Å². The molecule has 2 aromatic heterocycles. The lowest BCUT2D eigenvalue weighted by molar-refractivity contribution is -0.188. The summed E-state index contributed by atoms with van der Waals surface area (Å²) in [7, 11) is 1.41. The number of nitrogens with one attached hydrogen (secondary N) is 2. The predicted octanol–water partition coefficient (Wildman–Crippen LogP) is 7.11. The van der Waals surface area contributed by atoms with Gasteiger partial charge in [-0.3, -0.25) is 9.59 Å². The van der Waals surface area contributed by atoms with Crippen LogP contribution < -0.4 is 0 Å². The first-order valence-corrected chi connectivity index (χ1v) is 19.0. The number of aliphatic imine (C=N–C) groups is 1. The van der Waals surface area contributed by atoms with Gasteiger partial charge >= 0.3 is 0 Å². The molecule has 11 nitrogen and oxygen atoms in total. The third-order valence-corrected chi connectivity index (χ3v) is 10.9. The summed E-state index contributed by atoms with van der Waals surface area (Å²) in [6.07, 6.45) is 12.4. The van der Waals surface area contributed by atoms with E-state index in [0.29, 0.717) is 12.5 Å². The second kappa shape index (κ2) is 16.9. The van der Waals surface area contributed by atoms with Gasteiger partial charge in [0.2, 0.25) is 18.2 Å². The quantitative estimate of drug-likeness (QED) is 0.0586. The molecule has 2 aliphatic rings. The summed E-state index contributed by atoms with van der Waals surface area (Å²) in [5, 5.41) is 2.46. The van der Waals surface area contributed by atoms with Crippen LogP contribution in [0.5, 0.6) is 0 Å². The molecule has 0 unspecified atom stereocenters. The Morgan fingerprint density at radius 2 is 1.31 bits per heavy atom. The Morgan fingerprint density at radius 3 is 1.79 bits per heavy atom. The van der Waals surface area contributed by atoms with Crippen LogP contribution in [0.3, 0.4) is 0 Å². The van der Waals surface area contributed by atoms with E-state index >= 15 is 0 Å². The van der Waals surface area contributed by atoms with Gasteiger partial charge in [0.1, 0.15) is 17.7 Å². The maximum atomic E-state index is 13.5. The average molecular weight is 710 g/mol. The van der Waals surface area contributed by atoms with E-state index in [0.717, 1.165) is 80.9 Å². The van der Waals surface area contributed by atoms with Gasteiger partial charge in [0.15, 0.2) is 0 Å². The Labute approximate surface area is 307 Å². The van der Waals surface area contributed by atoms with E-state index in [1.807, 2.05) is 43.0 Å². The molecule has 2 saturated heterocycles. The number of carbonyl (C=O) groups is 2. The average Bonchev–Trinajstić information content (AvgIpc) is 3.97. The van der Waals surface area contributed by atoms with Crippen molar-refractivity contribution in [1.29, 1.82) is 0 Å². The van der Waals surface area contributed by atoms with Crippen LogP contribution in [-0.2, 0) is 45.0 Å². The minimum Gasteiger partial charge on any atom is -0.347 e.